The molecule has 1 aromatic carbocycles. The monoisotopic (exact) mass is 299 g/mol. The molecular formula is C15H19Cl2NO. The first-order valence-electron chi connectivity index (χ1n) is 7.05. The average molecular weight is 300 g/mol. The Balaban J connectivity index is 1.43. The molecule has 0 aromatic heterocycles. The first-order chi connectivity index (χ1) is 9.24. The Morgan fingerprint density at radius 1 is 1.16 bits per heavy atom. The highest BCUT2D eigenvalue weighted by Gasteiger charge is 2.40. The lowest BCUT2D eigenvalue weighted by Crippen LogP contribution is -2.36. The number of ether oxygens (including phenoxy) is 1. The van der Waals surface area contributed by atoms with Crippen molar-refractivity contribution in [1.29, 1.82) is 0 Å². The maximum Gasteiger partial charge on any atom is 0.139 e. The van der Waals surface area contributed by atoms with Gasteiger partial charge in [0.05, 0.1) is 5.02 Å². The molecule has 0 bridgehead atoms. The van der Waals surface area contributed by atoms with Crippen LogP contribution in [0.15, 0.2) is 18.2 Å². The van der Waals surface area contributed by atoms with Crippen molar-refractivity contribution in [2.45, 2.75) is 31.7 Å². The first kappa shape index (κ1) is 13.5. The summed E-state index contributed by atoms with van der Waals surface area (Å²) in [6, 6.07) is 6.02. The lowest BCUT2D eigenvalue weighted by atomic mass is 10.1. The maximum atomic E-state index is 6.05. The van der Waals surface area contributed by atoms with Crippen LogP contribution in [0.4, 0.5) is 0 Å². The van der Waals surface area contributed by atoms with Gasteiger partial charge in [0, 0.05) is 23.7 Å². The third kappa shape index (κ3) is 3.77. The van der Waals surface area contributed by atoms with Crippen LogP contribution < -0.4 is 10.1 Å². The number of rotatable bonds is 7. The lowest BCUT2D eigenvalue weighted by Gasteiger charge is -2.18. The van der Waals surface area contributed by atoms with E-state index < -0.39 is 0 Å². The highest BCUT2D eigenvalue weighted by atomic mass is 35.5. The van der Waals surface area contributed by atoms with Gasteiger partial charge < -0.3 is 10.1 Å². The van der Waals surface area contributed by atoms with Crippen LogP contribution >= 0.6 is 23.2 Å². The molecule has 2 aliphatic rings. The molecule has 0 saturated heterocycles. The summed E-state index contributed by atoms with van der Waals surface area (Å²) in [6.45, 7) is 1.51. The minimum atomic E-state index is 0.616. The summed E-state index contributed by atoms with van der Waals surface area (Å²) in [5.41, 5.74) is 0. The van der Waals surface area contributed by atoms with E-state index in [2.05, 4.69) is 5.32 Å². The molecule has 2 aliphatic carbocycles. The SMILES string of the molecule is Clc1ccc(Cl)c(OCCNC(C2CC2)C2CC2)c1. The summed E-state index contributed by atoms with van der Waals surface area (Å²) in [6.07, 6.45) is 5.59. The van der Waals surface area contributed by atoms with Gasteiger partial charge in [-0.05, 0) is 49.7 Å². The Morgan fingerprint density at radius 2 is 1.84 bits per heavy atom. The Morgan fingerprint density at radius 3 is 2.47 bits per heavy atom. The fourth-order valence-electron chi connectivity index (χ4n) is 2.60. The quantitative estimate of drug-likeness (QED) is 0.764. The van der Waals surface area contributed by atoms with E-state index in [0.29, 0.717) is 22.4 Å². The fourth-order valence-corrected chi connectivity index (χ4v) is 2.94. The first-order valence-corrected chi connectivity index (χ1v) is 7.81. The largest absolute Gasteiger partial charge is 0.491 e. The van der Waals surface area contributed by atoms with E-state index in [1.807, 2.05) is 0 Å². The topological polar surface area (TPSA) is 21.3 Å². The Hall–Kier alpha value is -0.440. The molecule has 3 rings (SSSR count). The highest BCUT2D eigenvalue weighted by molar-refractivity contribution is 6.34. The highest BCUT2D eigenvalue weighted by Crippen LogP contribution is 2.44. The molecule has 2 fully saturated rings. The molecule has 0 aliphatic heterocycles. The van der Waals surface area contributed by atoms with Crippen LogP contribution in [-0.4, -0.2) is 19.2 Å². The number of halogens is 2. The van der Waals surface area contributed by atoms with Crippen LogP contribution in [-0.2, 0) is 0 Å². The van der Waals surface area contributed by atoms with Gasteiger partial charge in [-0.1, -0.05) is 23.2 Å². The summed E-state index contributed by atoms with van der Waals surface area (Å²) < 4.78 is 5.69. The van der Waals surface area contributed by atoms with E-state index in [-0.39, 0.29) is 0 Å². The second kappa shape index (κ2) is 5.90. The van der Waals surface area contributed by atoms with E-state index in [1.165, 1.54) is 25.7 Å². The molecule has 0 spiro atoms. The van der Waals surface area contributed by atoms with Gasteiger partial charge in [0.15, 0.2) is 0 Å². The van der Waals surface area contributed by atoms with E-state index in [0.717, 1.165) is 24.4 Å². The Labute approximate surface area is 124 Å². The van der Waals surface area contributed by atoms with Gasteiger partial charge in [0.2, 0.25) is 0 Å². The zero-order valence-electron chi connectivity index (χ0n) is 10.9. The maximum absolute atomic E-state index is 6.05. The third-order valence-electron chi connectivity index (χ3n) is 3.89. The molecule has 1 N–H and O–H groups in total. The van der Waals surface area contributed by atoms with E-state index in [4.69, 9.17) is 27.9 Å². The fraction of sp³-hybridized carbons (Fsp3) is 0.600. The van der Waals surface area contributed by atoms with Crippen molar-refractivity contribution in [3.05, 3.63) is 28.2 Å². The standard InChI is InChI=1S/C15H19Cl2NO/c16-12-5-6-13(17)14(9-12)19-8-7-18-15(10-1-2-10)11-3-4-11/h5-6,9-11,15,18H,1-4,7-8H2. The molecule has 1 aromatic rings. The van der Waals surface area contributed by atoms with Crippen LogP contribution in [0.1, 0.15) is 25.7 Å². The van der Waals surface area contributed by atoms with Crippen molar-refractivity contribution in [2.24, 2.45) is 11.8 Å². The Kier molecular flexibility index (Phi) is 4.21. The van der Waals surface area contributed by atoms with Crippen molar-refractivity contribution in [1.82, 2.24) is 5.32 Å². The van der Waals surface area contributed by atoms with Crippen LogP contribution in [0.25, 0.3) is 0 Å². The molecule has 0 atom stereocenters. The summed E-state index contributed by atoms with van der Waals surface area (Å²) >= 11 is 12.0. The molecule has 0 radical (unpaired) electrons. The zero-order valence-corrected chi connectivity index (χ0v) is 12.4. The normalized spacial score (nSPS) is 18.9. The second-order valence-electron chi connectivity index (χ2n) is 5.58. The summed E-state index contributed by atoms with van der Waals surface area (Å²) in [5.74, 6) is 2.51. The van der Waals surface area contributed by atoms with Crippen molar-refractivity contribution in [3.63, 3.8) is 0 Å². The predicted molar refractivity (Wildman–Crippen MR) is 79.2 cm³/mol. The van der Waals surface area contributed by atoms with Crippen molar-refractivity contribution >= 4 is 23.2 Å². The zero-order chi connectivity index (χ0) is 13.2. The lowest BCUT2D eigenvalue weighted by molar-refractivity contribution is 0.294. The average Bonchev–Trinajstić information content (AvgIpc) is 3.26. The minimum Gasteiger partial charge on any atom is -0.491 e. The van der Waals surface area contributed by atoms with E-state index in [9.17, 15) is 0 Å². The van der Waals surface area contributed by atoms with E-state index in [1.54, 1.807) is 18.2 Å². The molecule has 2 saturated carbocycles. The van der Waals surface area contributed by atoms with Crippen LogP contribution in [0, 0.1) is 11.8 Å². The van der Waals surface area contributed by atoms with Gasteiger partial charge >= 0.3 is 0 Å². The number of nitrogens with one attached hydrogen (secondary N) is 1. The van der Waals surface area contributed by atoms with Crippen molar-refractivity contribution in [2.75, 3.05) is 13.2 Å². The van der Waals surface area contributed by atoms with Gasteiger partial charge in [0.1, 0.15) is 12.4 Å². The molecule has 0 unspecified atom stereocenters. The third-order valence-corrected chi connectivity index (χ3v) is 4.44. The summed E-state index contributed by atoms with van der Waals surface area (Å²) in [4.78, 5) is 0. The van der Waals surface area contributed by atoms with Crippen molar-refractivity contribution in [3.8, 4) is 5.75 Å². The smallest absolute Gasteiger partial charge is 0.139 e. The summed E-state index contributed by atoms with van der Waals surface area (Å²) in [5, 5.41) is 4.92. The number of hydrogen-bond acceptors (Lipinski definition) is 2. The van der Waals surface area contributed by atoms with Gasteiger partial charge in [-0.25, -0.2) is 0 Å². The van der Waals surface area contributed by atoms with Gasteiger partial charge in [-0.2, -0.15) is 0 Å². The molecule has 19 heavy (non-hydrogen) atoms. The van der Waals surface area contributed by atoms with Gasteiger partial charge in [0.25, 0.3) is 0 Å². The molecule has 4 heteroatoms. The number of benzene rings is 1. The predicted octanol–water partition coefficient (Wildman–Crippen LogP) is 4.15. The van der Waals surface area contributed by atoms with Crippen molar-refractivity contribution < 1.29 is 4.74 Å². The molecule has 0 heterocycles. The van der Waals surface area contributed by atoms with E-state index >= 15 is 0 Å². The minimum absolute atomic E-state index is 0.616. The molecule has 2 nitrogen and oxygen atoms in total. The molecular weight excluding hydrogens is 281 g/mol. The number of hydrogen-bond donors (Lipinski definition) is 1. The Bertz CT molecular complexity index is 432. The van der Waals surface area contributed by atoms with Crippen LogP contribution in [0.3, 0.4) is 0 Å². The van der Waals surface area contributed by atoms with Crippen LogP contribution in [0.5, 0.6) is 5.75 Å². The summed E-state index contributed by atoms with van der Waals surface area (Å²) in [7, 11) is 0. The second-order valence-corrected chi connectivity index (χ2v) is 6.42. The van der Waals surface area contributed by atoms with Crippen LogP contribution in [0.2, 0.25) is 10.0 Å². The van der Waals surface area contributed by atoms with Gasteiger partial charge in [-0.15, -0.1) is 0 Å². The molecule has 0 amide bonds. The van der Waals surface area contributed by atoms with Gasteiger partial charge in [-0.3, -0.25) is 0 Å². The molecule has 104 valence electrons.